The molecule has 1 heterocycles. The molecule has 3 nitrogen and oxygen atoms in total. The van der Waals surface area contributed by atoms with E-state index in [1.807, 2.05) is 34.9 Å². The molecule has 2 aromatic carbocycles. The van der Waals surface area contributed by atoms with E-state index in [9.17, 15) is 0 Å². The van der Waals surface area contributed by atoms with E-state index in [-0.39, 0.29) is 0 Å². The smallest absolute Gasteiger partial charge is 0.205 e. The summed E-state index contributed by atoms with van der Waals surface area (Å²) in [6.07, 6.45) is 0.962. The number of fused-ring (bicyclic) bond motifs is 1. The van der Waals surface area contributed by atoms with E-state index in [4.69, 9.17) is 5.73 Å². The third-order valence-electron chi connectivity index (χ3n) is 3.26. The van der Waals surface area contributed by atoms with Crippen molar-refractivity contribution in [3.05, 3.63) is 52.5 Å². The molecule has 0 atom stereocenters. The van der Waals surface area contributed by atoms with Crippen LogP contribution >= 0.6 is 15.9 Å². The predicted octanol–water partition coefficient (Wildman–Crippen LogP) is 3.93. The Kier molecular flexibility index (Phi) is 3.03. The van der Waals surface area contributed by atoms with Crippen LogP contribution in [0.1, 0.15) is 12.5 Å². The fraction of sp³-hybridized carbons (Fsp3) is 0.133. The van der Waals surface area contributed by atoms with Crippen LogP contribution in [0.4, 0.5) is 5.95 Å². The third kappa shape index (κ3) is 2.02. The number of nitrogens with zero attached hydrogens (tertiary/aromatic N) is 2. The Balaban J connectivity index is 2.35. The van der Waals surface area contributed by atoms with Crippen molar-refractivity contribution >= 4 is 32.9 Å². The van der Waals surface area contributed by atoms with E-state index in [1.165, 1.54) is 5.56 Å². The van der Waals surface area contributed by atoms with Gasteiger partial charge in [0.1, 0.15) is 0 Å². The highest BCUT2D eigenvalue weighted by Crippen LogP contribution is 2.27. The number of rotatable bonds is 2. The Morgan fingerprint density at radius 1 is 1.21 bits per heavy atom. The molecule has 0 spiro atoms. The van der Waals surface area contributed by atoms with Crippen molar-refractivity contribution in [2.75, 3.05) is 5.73 Å². The van der Waals surface area contributed by atoms with Crippen LogP contribution in [0.15, 0.2) is 46.9 Å². The molecule has 0 aliphatic heterocycles. The second-order valence-corrected chi connectivity index (χ2v) is 5.34. The van der Waals surface area contributed by atoms with Crippen LogP contribution in [0.5, 0.6) is 0 Å². The van der Waals surface area contributed by atoms with Crippen LogP contribution < -0.4 is 5.73 Å². The van der Waals surface area contributed by atoms with Crippen LogP contribution in [0.3, 0.4) is 0 Å². The lowest BCUT2D eigenvalue weighted by atomic mass is 10.1. The lowest BCUT2D eigenvalue weighted by Gasteiger charge is -2.11. The molecule has 0 aliphatic rings. The number of hydrogen-bond donors (Lipinski definition) is 1. The van der Waals surface area contributed by atoms with Crippen molar-refractivity contribution in [3.63, 3.8) is 0 Å². The second-order valence-electron chi connectivity index (χ2n) is 4.42. The van der Waals surface area contributed by atoms with Crippen molar-refractivity contribution < 1.29 is 0 Å². The highest BCUT2D eigenvalue weighted by Gasteiger charge is 2.12. The minimum absolute atomic E-state index is 0.522. The van der Waals surface area contributed by atoms with E-state index >= 15 is 0 Å². The zero-order valence-corrected chi connectivity index (χ0v) is 12.2. The maximum atomic E-state index is 6.10. The van der Waals surface area contributed by atoms with Crippen LogP contribution in [0.25, 0.3) is 16.7 Å². The zero-order valence-electron chi connectivity index (χ0n) is 10.6. The largest absolute Gasteiger partial charge is 0.369 e. The molecule has 2 N–H and O–H groups in total. The Bertz CT molecular complexity index is 746. The normalized spacial score (nSPS) is 11.1. The molecular weight excluding hydrogens is 302 g/mol. The number of nitrogen functional groups attached to an aromatic ring is 1. The fourth-order valence-corrected chi connectivity index (χ4v) is 2.70. The summed E-state index contributed by atoms with van der Waals surface area (Å²) in [7, 11) is 0. The molecule has 19 heavy (non-hydrogen) atoms. The monoisotopic (exact) mass is 315 g/mol. The van der Waals surface area contributed by atoms with Crippen LogP contribution in [-0.2, 0) is 6.42 Å². The SMILES string of the molecule is CCc1ccccc1-n1c(N)nc2ccc(Br)cc21. The lowest BCUT2D eigenvalue weighted by Crippen LogP contribution is -2.03. The molecule has 3 aromatic rings. The summed E-state index contributed by atoms with van der Waals surface area (Å²) in [6.45, 7) is 2.14. The summed E-state index contributed by atoms with van der Waals surface area (Å²) in [5, 5.41) is 0. The van der Waals surface area contributed by atoms with Gasteiger partial charge in [0.2, 0.25) is 5.95 Å². The maximum absolute atomic E-state index is 6.10. The molecule has 0 saturated heterocycles. The minimum Gasteiger partial charge on any atom is -0.369 e. The van der Waals surface area contributed by atoms with Gasteiger partial charge in [0, 0.05) is 4.47 Å². The van der Waals surface area contributed by atoms with E-state index in [0.717, 1.165) is 27.6 Å². The molecule has 3 rings (SSSR count). The molecule has 0 aliphatic carbocycles. The van der Waals surface area contributed by atoms with Crippen molar-refractivity contribution in [3.8, 4) is 5.69 Å². The highest BCUT2D eigenvalue weighted by atomic mass is 79.9. The molecule has 0 unspecified atom stereocenters. The van der Waals surface area contributed by atoms with E-state index < -0.39 is 0 Å². The average molecular weight is 316 g/mol. The first kappa shape index (κ1) is 12.2. The van der Waals surface area contributed by atoms with Gasteiger partial charge in [0.25, 0.3) is 0 Å². The summed E-state index contributed by atoms with van der Waals surface area (Å²) >= 11 is 3.50. The molecular formula is C15H14BrN3. The Labute approximate surface area is 120 Å². The minimum atomic E-state index is 0.522. The van der Waals surface area contributed by atoms with Crippen LogP contribution in [-0.4, -0.2) is 9.55 Å². The number of para-hydroxylation sites is 1. The number of anilines is 1. The van der Waals surface area contributed by atoms with Gasteiger partial charge in [-0.3, -0.25) is 4.57 Å². The standard InChI is InChI=1S/C15H14BrN3/c1-2-10-5-3-4-6-13(10)19-14-9-11(16)7-8-12(14)18-15(19)17/h3-9H,2H2,1H3,(H2,17,18). The van der Waals surface area contributed by atoms with Crippen LogP contribution in [0.2, 0.25) is 0 Å². The summed E-state index contributed by atoms with van der Waals surface area (Å²) in [5.74, 6) is 0.522. The molecule has 1 aromatic heterocycles. The van der Waals surface area contributed by atoms with Gasteiger partial charge in [-0.05, 0) is 36.2 Å². The van der Waals surface area contributed by atoms with Crippen LogP contribution in [0, 0.1) is 0 Å². The van der Waals surface area contributed by atoms with Gasteiger partial charge >= 0.3 is 0 Å². The number of benzene rings is 2. The Hall–Kier alpha value is -1.81. The number of hydrogen-bond acceptors (Lipinski definition) is 2. The summed E-state index contributed by atoms with van der Waals surface area (Å²) < 4.78 is 3.04. The first-order valence-electron chi connectivity index (χ1n) is 6.22. The molecule has 4 heteroatoms. The molecule has 96 valence electrons. The van der Waals surface area contributed by atoms with Gasteiger partial charge in [-0.25, -0.2) is 4.98 Å². The van der Waals surface area contributed by atoms with Crippen molar-refractivity contribution in [1.29, 1.82) is 0 Å². The summed E-state index contributed by atoms with van der Waals surface area (Å²) in [6, 6.07) is 14.3. The third-order valence-corrected chi connectivity index (χ3v) is 3.75. The fourth-order valence-electron chi connectivity index (χ4n) is 2.35. The molecule has 0 radical (unpaired) electrons. The number of aryl methyl sites for hydroxylation is 1. The highest BCUT2D eigenvalue weighted by molar-refractivity contribution is 9.10. The molecule has 0 fully saturated rings. The first-order chi connectivity index (χ1) is 9.20. The van der Waals surface area contributed by atoms with Crippen molar-refractivity contribution in [2.24, 2.45) is 0 Å². The summed E-state index contributed by atoms with van der Waals surface area (Å²) in [4.78, 5) is 4.43. The number of halogens is 1. The quantitative estimate of drug-likeness (QED) is 0.778. The molecule has 0 amide bonds. The topological polar surface area (TPSA) is 43.8 Å². The van der Waals surface area contributed by atoms with Gasteiger partial charge in [-0.1, -0.05) is 41.1 Å². The summed E-state index contributed by atoms with van der Waals surface area (Å²) in [5.41, 5.74) is 10.4. The van der Waals surface area contributed by atoms with Gasteiger partial charge in [0.05, 0.1) is 16.7 Å². The lowest BCUT2D eigenvalue weighted by molar-refractivity contribution is 1.04. The Morgan fingerprint density at radius 2 is 2.00 bits per heavy atom. The number of imidazole rings is 1. The first-order valence-corrected chi connectivity index (χ1v) is 7.01. The van der Waals surface area contributed by atoms with E-state index in [2.05, 4.69) is 40.0 Å². The van der Waals surface area contributed by atoms with Gasteiger partial charge in [-0.15, -0.1) is 0 Å². The van der Waals surface area contributed by atoms with Gasteiger partial charge < -0.3 is 5.73 Å². The maximum Gasteiger partial charge on any atom is 0.205 e. The predicted molar refractivity (Wildman–Crippen MR) is 82.6 cm³/mol. The van der Waals surface area contributed by atoms with Crippen molar-refractivity contribution in [2.45, 2.75) is 13.3 Å². The van der Waals surface area contributed by atoms with Gasteiger partial charge in [0.15, 0.2) is 0 Å². The average Bonchev–Trinajstić information content (AvgIpc) is 2.74. The van der Waals surface area contributed by atoms with E-state index in [1.54, 1.807) is 0 Å². The van der Waals surface area contributed by atoms with E-state index in [0.29, 0.717) is 5.95 Å². The second kappa shape index (κ2) is 4.70. The number of nitrogens with two attached hydrogens (primary N) is 1. The Morgan fingerprint density at radius 3 is 2.79 bits per heavy atom. The van der Waals surface area contributed by atoms with Crippen molar-refractivity contribution in [1.82, 2.24) is 9.55 Å². The zero-order chi connectivity index (χ0) is 13.4. The molecule has 0 saturated carbocycles. The molecule has 0 bridgehead atoms. The van der Waals surface area contributed by atoms with Gasteiger partial charge in [-0.2, -0.15) is 0 Å². The number of aromatic nitrogens is 2.